The third-order valence-electron chi connectivity index (χ3n) is 4.37. The molecule has 2 aromatic heterocycles. The number of rotatable bonds is 2. The van der Waals surface area contributed by atoms with Gasteiger partial charge >= 0.3 is 5.97 Å². The van der Waals surface area contributed by atoms with Crippen LogP contribution in [0, 0.1) is 18.3 Å². The predicted molar refractivity (Wildman–Crippen MR) is 86.3 cm³/mol. The first-order valence-corrected chi connectivity index (χ1v) is 7.42. The van der Waals surface area contributed by atoms with Crippen LogP contribution in [0.5, 0.6) is 0 Å². The van der Waals surface area contributed by atoms with Crippen LogP contribution in [-0.2, 0) is 4.79 Å². The highest BCUT2D eigenvalue weighted by molar-refractivity contribution is 6.06. The van der Waals surface area contributed by atoms with Crippen LogP contribution in [0.1, 0.15) is 38.7 Å². The summed E-state index contributed by atoms with van der Waals surface area (Å²) in [5.41, 5.74) is 3.17. The van der Waals surface area contributed by atoms with Gasteiger partial charge < -0.3 is 10.4 Å². The highest BCUT2D eigenvalue weighted by Crippen LogP contribution is 2.39. The monoisotopic (exact) mass is 333 g/mol. The Morgan fingerprint density at radius 1 is 1.44 bits per heavy atom. The van der Waals surface area contributed by atoms with Gasteiger partial charge in [-0.05, 0) is 36.2 Å². The number of nitrogens with zero attached hydrogens (tertiary/aromatic N) is 4. The molecule has 8 nitrogen and oxygen atoms in total. The van der Waals surface area contributed by atoms with Crippen LogP contribution in [0.25, 0.3) is 5.52 Å². The van der Waals surface area contributed by atoms with E-state index in [9.17, 15) is 14.7 Å². The number of amides is 1. The molecule has 1 aliphatic heterocycles. The number of carbonyl (C=O) groups is 2. The van der Waals surface area contributed by atoms with Crippen molar-refractivity contribution in [3.05, 3.63) is 58.7 Å². The lowest BCUT2D eigenvalue weighted by atomic mass is 9.94. The largest absolute Gasteiger partial charge is 0.478 e. The van der Waals surface area contributed by atoms with E-state index in [0.29, 0.717) is 33.6 Å². The molecule has 0 saturated carbocycles. The molecule has 1 amide bonds. The van der Waals surface area contributed by atoms with Crippen molar-refractivity contribution in [1.82, 2.24) is 14.6 Å². The standard InChI is InChI=1S/C17H11N5O3/c1-8-11(17(24)25)6-22-15(8)14(19-7-20-22)13-10-4-9(5-18)2-3-12(10)21-16(13)23/h2-4,6-7,13H,1H3,(H,21,23)(H,24,25). The fourth-order valence-corrected chi connectivity index (χ4v) is 3.22. The second kappa shape index (κ2) is 5.14. The van der Waals surface area contributed by atoms with Gasteiger partial charge in [0, 0.05) is 11.9 Å². The van der Waals surface area contributed by atoms with Crippen LogP contribution in [0.15, 0.2) is 30.7 Å². The summed E-state index contributed by atoms with van der Waals surface area (Å²) in [7, 11) is 0. The lowest BCUT2D eigenvalue weighted by molar-refractivity contribution is -0.116. The van der Waals surface area contributed by atoms with Crippen LogP contribution < -0.4 is 5.32 Å². The minimum absolute atomic E-state index is 0.103. The minimum atomic E-state index is -1.07. The molecule has 4 rings (SSSR count). The molecule has 0 spiro atoms. The molecule has 3 aromatic rings. The van der Waals surface area contributed by atoms with Gasteiger partial charge in [-0.25, -0.2) is 14.3 Å². The number of nitriles is 1. The van der Waals surface area contributed by atoms with E-state index in [0.717, 1.165) is 0 Å². The zero-order chi connectivity index (χ0) is 17.7. The molecule has 122 valence electrons. The van der Waals surface area contributed by atoms with Gasteiger partial charge in [-0.2, -0.15) is 10.4 Å². The van der Waals surface area contributed by atoms with Crippen molar-refractivity contribution in [2.45, 2.75) is 12.8 Å². The van der Waals surface area contributed by atoms with Crippen molar-refractivity contribution < 1.29 is 14.7 Å². The van der Waals surface area contributed by atoms with Crippen molar-refractivity contribution in [1.29, 1.82) is 5.26 Å². The van der Waals surface area contributed by atoms with E-state index in [1.54, 1.807) is 25.1 Å². The Bertz CT molecular complexity index is 1110. The van der Waals surface area contributed by atoms with Gasteiger partial charge in [0.25, 0.3) is 0 Å². The Labute approximate surface area is 141 Å². The number of fused-ring (bicyclic) bond motifs is 2. The van der Waals surface area contributed by atoms with Gasteiger partial charge in [0.2, 0.25) is 5.91 Å². The lowest BCUT2D eigenvalue weighted by Crippen LogP contribution is -2.16. The summed E-state index contributed by atoms with van der Waals surface area (Å²) in [6.45, 7) is 1.66. The fourth-order valence-electron chi connectivity index (χ4n) is 3.22. The van der Waals surface area contributed by atoms with E-state index < -0.39 is 11.9 Å². The number of carbonyl (C=O) groups excluding carboxylic acids is 1. The number of aromatic nitrogens is 3. The molecule has 2 N–H and O–H groups in total. The van der Waals surface area contributed by atoms with Crippen molar-refractivity contribution in [3.63, 3.8) is 0 Å². The molecule has 1 aliphatic rings. The Morgan fingerprint density at radius 2 is 2.24 bits per heavy atom. The molecule has 0 aliphatic carbocycles. The highest BCUT2D eigenvalue weighted by atomic mass is 16.4. The summed E-state index contributed by atoms with van der Waals surface area (Å²) in [5, 5.41) is 25.3. The normalized spacial score (nSPS) is 15.7. The molecule has 3 heterocycles. The fraction of sp³-hybridized carbons (Fsp3) is 0.118. The molecular weight excluding hydrogens is 322 g/mol. The van der Waals surface area contributed by atoms with Crippen LogP contribution in [-0.4, -0.2) is 31.6 Å². The Hall–Kier alpha value is -3.73. The van der Waals surface area contributed by atoms with E-state index >= 15 is 0 Å². The molecule has 1 unspecified atom stereocenters. The molecule has 0 bridgehead atoms. The van der Waals surface area contributed by atoms with Gasteiger partial charge in [-0.3, -0.25) is 4.79 Å². The molecule has 0 radical (unpaired) electrons. The number of carboxylic acids is 1. The smallest absolute Gasteiger partial charge is 0.337 e. The molecule has 0 fully saturated rings. The Kier molecular flexibility index (Phi) is 3.05. The molecular formula is C17H11N5O3. The Morgan fingerprint density at radius 3 is 2.96 bits per heavy atom. The van der Waals surface area contributed by atoms with E-state index in [1.165, 1.54) is 17.0 Å². The maximum absolute atomic E-state index is 12.5. The predicted octanol–water partition coefficient (Wildman–Crippen LogP) is 1.69. The second-order valence-corrected chi connectivity index (χ2v) is 5.75. The lowest BCUT2D eigenvalue weighted by Gasteiger charge is -2.10. The van der Waals surface area contributed by atoms with Gasteiger partial charge in [0.05, 0.1) is 28.4 Å². The summed E-state index contributed by atoms with van der Waals surface area (Å²) in [5.74, 6) is -2.08. The van der Waals surface area contributed by atoms with Crippen molar-refractivity contribution in [3.8, 4) is 6.07 Å². The number of hydrogen-bond donors (Lipinski definition) is 2. The van der Waals surface area contributed by atoms with Crippen LogP contribution >= 0.6 is 0 Å². The average Bonchev–Trinajstić information content (AvgIpc) is 3.11. The highest BCUT2D eigenvalue weighted by Gasteiger charge is 2.35. The third-order valence-corrected chi connectivity index (χ3v) is 4.37. The van der Waals surface area contributed by atoms with Gasteiger partial charge in [0.15, 0.2) is 0 Å². The van der Waals surface area contributed by atoms with Crippen LogP contribution in [0.2, 0.25) is 0 Å². The van der Waals surface area contributed by atoms with Crippen LogP contribution in [0.3, 0.4) is 0 Å². The summed E-state index contributed by atoms with van der Waals surface area (Å²) >= 11 is 0. The zero-order valence-electron chi connectivity index (χ0n) is 13.0. The first-order chi connectivity index (χ1) is 12.0. The van der Waals surface area contributed by atoms with Gasteiger partial charge in [0.1, 0.15) is 12.2 Å². The van der Waals surface area contributed by atoms with Gasteiger partial charge in [-0.15, -0.1) is 0 Å². The first-order valence-electron chi connectivity index (χ1n) is 7.42. The number of carboxylic acid groups (broad SMARTS) is 1. The van der Waals surface area contributed by atoms with Crippen molar-refractivity contribution in [2.75, 3.05) is 5.32 Å². The second-order valence-electron chi connectivity index (χ2n) is 5.75. The number of nitrogens with one attached hydrogen (secondary N) is 1. The summed E-state index contributed by atoms with van der Waals surface area (Å²) in [6.07, 6.45) is 2.68. The quantitative estimate of drug-likeness (QED) is 0.736. The molecule has 8 heteroatoms. The SMILES string of the molecule is Cc1c(C(=O)O)cn2ncnc(C3C(=O)Nc4ccc(C#N)cc43)c12. The van der Waals surface area contributed by atoms with Crippen molar-refractivity contribution >= 4 is 23.1 Å². The van der Waals surface area contributed by atoms with E-state index in [4.69, 9.17) is 5.26 Å². The topological polar surface area (TPSA) is 120 Å². The van der Waals surface area contributed by atoms with Crippen molar-refractivity contribution in [2.24, 2.45) is 0 Å². The van der Waals surface area contributed by atoms with Crippen LogP contribution in [0.4, 0.5) is 5.69 Å². The maximum atomic E-state index is 12.5. The number of aryl methyl sites for hydroxylation is 1. The average molecular weight is 333 g/mol. The minimum Gasteiger partial charge on any atom is -0.478 e. The maximum Gasteiger partial charge on any atom is 0.337 e. The number of benzene rings is 1. The summed E-state index contributed by atoms with van der Waals surface area (Å²) < 4.78 is 1.42. The number of aromatic carboxylic acids is 1. The number of hydrogen-bond acceptors (Lipinski definition) is 5. The number of anilines is 1. The van der Waals surface area contributed by atoms with E-state index in [1.807, 2.05) is 0 Å². The summed E-state index contributed by atoms with van der Waals surface area (Å²) in [6, 6.07) is 7.01. The third kappa shape index (κ3) is 2.06. The molecule has 0 saturated heterocycles. The van der Waals surface area contributed by atoms with E-state index in [2.05, 4.69) is 21.5 Å². The molecule has 25 heavy (non-hydrogen) atoms. The first kappa shape index (κ1) is 14.8. The zero-order valence-corrected chi connectivity index (χ0v) is 13.0. The van der Waals surface area contributed by atoms with Gasteiger partial charge in [-0.1, -0.05) is 0 Å². The van der Waals surface area contributed by atoms with E-state index in [-0.39, 0.29) is 11.5 Å². The molecule has 1 atom stereocenters. The molecule has 1 aromatic carbocycles. The Balaban J connectivity index is 1.99. The summed E-state index contributed by atoms with van der Waals surface area (Å²) in [4.78, 5) is 28.2.